The second-order valence-electron chi connectivity index (χ2n) is 3.43. The third kappa shape index (κ3) is 1.36. The average molecular weight is 181 g/mol. The number of nitrogens with zero attached hydrogens (tertiary/aromatic N) is 1. The normalized spacial score (nSPS) is 10.0. The van der Waals surface area contributed by atoms with Gasteiger partial charge in [-0.1, -0.05) is 36.4 Å². The molecular formula is C13H11N. The Morgan fingerprint density at radius 2 is 1.86 bits per heavy atom. The first kappa shape index (κ1) is 8.77. The molecule has 1 heteroatoms. The smallest absolute Gasteiger partial charge is 0.0669 e. The van der Waals surface area contributed by atoms with Crippen molar-refractivity contribution >= 4 is 10.8 Å². The van der Waals surface area contributed by atoms with Crippen molar-refractivity contribution in [2.75, 3.05) is 0 Å². The molecule has 2 rings (SSSR count). The Balaban J connectivity index is 2.79. The van der Waals surface area contributed by atoms with E-state index < -0.39 is 0 Å². The van der Waals surface area contributed by atoms with Gasteiger partial charge in [0.05, 0.1) is 12.5 Å². The summed E-state index contributed by atoms with van der Waals surface area (Å²) in [7, 11) is 0. The highest BCUT2D eigenvalue weighted by molar-refractivity contribution is 5.88. The third-order valence-corrected chi connectivity index (χ3v) is 2.47. The molecule has 0 radical (unpaired) electrons. The number of hydrogen-bond acceptors (Lipinski definition) is 1. The van der Waals surface area contributed by atoms with Crippen LogP contribution >= 0.6 is 0 Å². The van der Waals surface area contributed by atoms with Crippen LogP contribution in [0.1, 0.15) is 11.1 Å². The lowest BCUT2D eigenvalue weighted by atomic mass is 9.99. The lowest BCUT2D eigenvalue weighted by Crippen LogP contribution is -1.87. The van der Waals surface area contributed by atoms with Gasteiger partial charge in [0.1, 0.15) is 0 Å². The highest BCUT2D eigenvalue weighted by Gasteiger charge is 2.01. The number of fused-ring (bicyclic) bond motifs is 1. The maximum absolute atomic E-state index is 8.72. The molecule has 0 aliphatic carbocycles. The highest BCUT2D eigenvalue weighted by Crippen LogP contribution is 2.22. The van der Waals surface area contributed by atoms with Crippen LogP contribution in [0.4, 0.5) is 0 Å². The summed E-state index contributed by atoms with van der Waals surface area (Å²) in [6.45, 7) is 2.09. The third-order valence-electron chi connectivity index (χ3n) is 2.47. The molecule has 14 heavy (non-hydrogen) atoms. The van der Waals surface area contributed by atoms with Crippen LogP contribution in [-0.4, -0.2) is 0 Å². The minimum atomic E-state index is 0.488. The molecule has 0 bridgehead atoms. The molecule has 0 fully saturated rings. The molecule has 0 saturated heterocycles. The molecule has 0 heterocycles. The van der Waals surface area contributed by atoms with Gasteiger partial charge in [-0.05, 0) is 28.8 Å². The van der Waals surface area contributed by atoms with Gasteiger partial charge in [-0.3, -0.25) is 0 Å². The molecule has 0 aromatic heterocycles. The van der Waals surface area contributed by atoms with Gasteiger partial charge in [-0.15, -0.1) is 0 Å². The predicted molar refractivity (Wildman–Crippen MR) is 58.0 cm³/mol. The molecule has 0 N–H and O–H groups in total. The summed E-state index contributed by atoms with van der Waals surface area (Å²) in [5.41, 5.74) is 2.37. The second-order valence-corrected chi connectivity index (χ2v) is 3.43. The van der Waals surface area contributed by atoms with Crippen molar-refractivity contribution in [3.05, 3.63) is 47.5 Å². The SMILES string of the molecule is Cc1cccc2cccc(CC#N)c12. The monoisotopic (exact) mass is 181 g/mol. The van der Waals surface area contributed by atoms with E-state index in [1.54, 1.807) is 0 Å². The molecule has 68 valence electrons. The number of aryl methyl sites for hydroxylation is 1. The zero-order chi connectivity index (χ0) is 9.97. The van der Waals surface area contributed by atoms with Gasteiger partial charge >= 0.3 is 0 Å². The van der Waals surface area contributed by atoms with Crippen molar-refractivity contribution in [2.45, 2.75) is 13.3 Å². The van der Waals surface area contributed by atoms with Crippen LogP contribution in [-0.2, 0) is 6.42 Å². The van der Waals surface area contributed by atoms with Crippen molar-refractivity contribution in [1.82, 2.24) is 0 Å². The Labute approximate surface area is 83.6 Å². The van der Waals surface area contributed by atoms with Crippen LogP contribution in [0.5, 0.6) is 0 Å². The van der Waals surface area contributed by atoms with Crippen molar-refractivity contribution in [3.63, 3.8) is 0 Å². The van der Waals surface area contributed by atoms with Crippen molar-refractivity contribution in [3.8, 4) is 6.07 Å². The van der Waals surface area contributed by atoms with E-state index in [-0.39, 0.29) is 0 Å². The minimum Gasteiger partial charge on any atom is -0.198 e. The van der Waals surface area contributed by atoms with Gasteiger partial charge in [-0.2, -0.15) is 5.26 Å². The fraction of sp³-hybridized carbons (Fsp3) is 0.154. The molecule has 0 amide bonds. The van der Waals surface area contributed by atoms with E-state index in [9.17, 15) is 0 Å². The molecule has 1 nitrogen and oxygen atoms in total. The fourth-order valence-electron chi connectivity index (χ4n) is 1.85. The summed E-state index contributed by atoms with van der Waals surface area (Å²) in [4.78, 5) is 0. The standard InChI is InChI=1S/C13H11N/c1-10-4-2-5-11-6-3-7-12(8-9-14)13(10)11/h2-7H,8H2,1H3. The molecular weight excluding hydrogens is 170 g/mol. The summed E-state index contributed by atoms with van der Waals surface area (Å²) in [6, 6.07) is 14.5. The summed E-state index contributed by atoms with van der Waals surface area (Å²) in [6.07, 6.45) is 0.488. The van der Waals surface area contributed by atoms with Gasteiger partial charge in [0, 0.05) is 0 Å². The van der Waals surface area contributed by atoms with Gasteiger partial charge in [0.25, 0.3) is 0 Å². The first-order valence-electron chi connectivity index (χ1n) is 4.67. The molecule has 2 aromatic carbocycles. The molecule has 0 spiro atoms. The molecule has 0 atom stereocenters. The van der Waals surface area contributed by atoms with E-state index in [0.717, 1.165) is 5.56 Å². The summed E-state index contributed by atoms with van der Waals surface area (Å²) in [5, 5.41) is 11.2. The average Bonchev–Trinajstić information content (AvgIpc) is 2.19. The van der Waals surface area contributed by atoms with Crippen LogP contribution in [0.15, 0.2) is 36.4 Å². The number of rotatable bonds is 1. The Bertz CT molecular complexity index is 501. The first-order valence-corrected chi connectivity index (χ1v) is 4.67. The number of nitriles is 1. The van der Waals surface area contributed by atoms with Gasteiger partial charge in [-0.25, -0.2) is 0 Å². The lowest BCUT2D eigenvalue weighted by molar-refractivity contribution is 1.28. The van der Waals surface area contributed by atoms with Crippen LogP contribution in [0, 0.1) is 18.3 Å². The van der Waals surface area contributed by atoms with E-state index in [4.69, 9.17) is 5.26 Å². The van der Waals surface area contributed by atoms with E-state index >= 15 is 0 Å². The quantitative estimate of drug-likeness (QED) is 0.662. The second kappa shape index (κ2) is 3.51. The first-order chi connectivity index (χ1) is 6.83. The predicted octanol–water partition coefficient (Wildman–Crippen LogP) is 3.21. The van der Waals surface area contributed by atoms with Crippen LogP contribution < -0.4 is 0 Å². The van der Waals surface area contributed by atoms with Crippen LogP contribution in [0.25, 0.3) is 10.8 Å². The summed E-state index contributed by atoms with van der Waals surface area (Å²) in [5.74, 6) is 0. The number of hydrogen-bond donors (Lipinski definition) is 0. The molecule has 2 aromatic rings. The maximum Gasteiger partial charge on any atom is 0.0669 e. The summed E-state index contributed by atoms with van der Waals surface area (Å²) >= 11 is 0. The van der Waals surface area contributed by atoms with E-state index in [1.807, 2.05) is 18.2 Å². The zero-order valence-electron chi connectivity index (χ0n) is 8.12. The molecule has 0 unspecified atom stereocenters. The van der Waals surface area contributed by atoms with Crippen LogP contribution in [0.3, 0.4) is 0 Å². The van der Waals surface area contributed by atoms with E-state index in [1.165, 1.54) is 16.3 Å². The number of benzene rings is 2. The maximum atomic E-state index is 8.72. The van der Waals surface area contributed by atoms with Crippen LogP contribution in [0.2, 0.25) is 0 Å². The zero-order valence-corrected chi connectivity index (χ0v) is 8.12. The molecule has 0 aliphatic rings. The molecule has 0 aliphatic heterocycles. The lowest BCUT2D eigenvalue weighted by Gasteiger charge is -2.05. The van der Waals surface area contributed by atoms with Crippen molar-refractivity contribution < 1.29 is 0 Å². The van der Waals surface area contributed by atoms with Gasteiger partial charge < -0.3 is 0 Å². The van der Waals surface area contributed by atoms with Gasteiger partial charge in [0.15, 0.2) is 0 Å². The van der Waals surface area contributed by atoms with E-state index in [2.05, 4.69) is 31.2 Å². The topological polar surface area (TPSA) is 23.8 Å². The fourth-order valence-corrected chi connectivity index (χ4v) is 1.85. The summed E-state index contributed by atoms with van der Waals surface area (Å²) < 4.78 is 0. The Morgan fingerprint density at radius 3 is 2.57 bits per heavy atom. The minimum absolute atomic E-state index is 0.488. The van der Waals surface area contributed by atoms with Crippen molar-refractivity contribution in [1.29, 1.82) is 5.26 Å². The Kier molecular flexibility index (Phi) is 2.20. The van der Waals surface area contributed by atoms with Crippen molar-refractivity contribution in [2.24, 2.45) is 0 Å². The van der Waals surface area contributed by atoms with Gasteiger partial charge in [0.2, 0.25) is 0 Å². The van der Waals surface area contributed by atoms with E-state index in [0.29, 0.717) is 6.42 Å². The molecule has 0 saturated carbocycles. The Hall–Kier alpha value is -1.81. The largest absolute Gasteiger partial charge is 0.198 e. The Morgan fingerprint density at radius 1 is 1.14 bits per heavy atom. The highest BCUT2D eigenvalue weighted by atomic mass is 14.2.